The number of hydrogen-bond acceptors (Lipinski definition) is 6. The molecule has 0 unspecified atom stereocenters. The maximum absolute atomic E-state index is 5.25. The fraction of sp³-hybridized carbons (Fsp3) is 0.150. The Kier molecular flexibility index (Phi) is 4.75. The van der Waals surface area contributed by atoms with Gasteiger partial charge in [0.05, 0.1) is 12.5 Å². The minimum absolute atomic E-state index is 0.787. The lowest BCUT2D eigenvalue weighted by molar-refractivity contribution is 0.415. The van der Waals surface area contributed by atoms with Gasteiger partial charge in [0, 0.05) is 29.9 Å². The number of methoxy groups -OCH3 is 1. The van der Waals surface area contributed by atoms with E-state index >= 15 is 0 Å². The zero-order valence-corrected chi connectivity index (χ0v) is 15.2. The van der Waals surface area contributed by atoms with Crippen molar-refractivity contribution in [2.75, 3.05) is 19.0 Å². The number of ether oxygens (including phenoxy) is 1. The summed E-state index contributed by atoms with van der Waals surface area (Å²) in [5, 5.41) is 6.65. The monoisotopic (exact) mass is 362 g/mol. The van der Waals surface area contributed by atoms with Gasteiger partial charge in [-0.1, -0.05) is 18.2 Å². The standard InChI is InChI=1S/C20H18N4OS/c1-25-16-6-4-15(5-7-16)17-12-26-20-18(17)19(23-13-24-20)22-10-8-14-3-2-9-21-11-14/h2-7,9,11-13H,8,10H2,1H3,(H,22,23,24). The average molecular weight is 362 g/mol. The van der Waals surface area contributed by atoms with Crippen LogP contribution in [-0.4, -0.2) is 28.6 Å². The van der Waals surface area contributed by atoms with E-state index in [2.05, 4.69) is 43.8 Å². The maximum atomic E-state index is 5.25. The number of pyridine rings is 1. The first-order valence-electron chi connectivity index (χ1n) is 8.34. The van der Waals surface area contributed by atoms with Crippen LogP contribution in [0.3, 0.4) is 0 Å². The van der Waals surface area contributed by atoms with Crippen LogP contribution in [0, 0.1) is 0 Å². The van der Waals surface area contributed by atoms with Gasteiger partial charge in [0.2, 0.25) is 0 Å². The van der Waals surface area contributed by atoms with Crippen molar-refractivity contribution in [3.63, 3.8) is 0 Å². The second-order valence-electron chi connectivity index (χ2n) is 5.82. The van der Waals surface area contributed by atoms with Crippen molar-refractivity contribution in [2.24, 2.45) is 0 Å². The van der Waals surface area contributed by atoms with Crippen molar-refractivity contribution in [1.82, 2.24) is 15.0 Å². The highest BCUT2D eigenvalue weighted by Crippen LogP contribution is 2.36. The molecule has 0 aliphatic rings. The van der Waals surface area contributed by atoms with Gasteiger partial charge in [0.1, 0.15) is 22.7 Å². The number of nitrogens with zero attached hydrogens (tertiary/aromatic N) is 3. The second kappa shape index (κ2) is 7.49. The number of benzene rings is 1. The van der Waals surface area contributed by atoms with Crippen LogP contribution in [-0.2, 0) is 6.42 Å². The van der Waals surface area contributed by atoms with Crippen LogP contribution < -0.4 is 10.1 Å². The molecule has 5 nitrogen and oxygen atoms in total. The molecule has 130 valence electrons. The Balaban J connectivity index is 1.61. The fourth-order valence-electron chi connectivity index (χ4n) is 2.86. The summed E-state index contributed by atoms with van der Waals surface area (Å²) in [4.78, 5) is 14.0. The summed E-state index contributed by atoms with van der Waals surface area (Å²) in [7, 11) is 1.67. The molecule has 3 heterocycles. The van der Waals surface area contributed by atoms with Gasteiger partial charge in [-0.3, -0.25) is 4.98 Å². The molecule has 1 aromatic carbocycles. The molecule has 26 heavy (non-hydrogen) atoms. The molecule has 6 heteroatoms. The zero-order valence-electron chi connectivity index (χ0n) is 14.3. The summed E-state index contributed by atoms with van der Waals surface area (Å²) >= 11 is 1.63. The molecule has 4 rings (SSSR count). The van der Waals surface area contributed by atoms with Crippen molar-refractivity contribution in [3.05, 3.63) is 66.1 Å². The van der Waals surface area contributed by atoms with E-state index in [0.717, 1.165) is 45.9 Å². The Hall–Kier alpha value is -2.99. The fourth-order valence-corrected chi connectivity index (χ4v) is 3.78. The molecule has 0 radical (unpaired) electrons. The molecule has 0 saturated carbocycles. The lowest BCUT2D eigenvalue weighted by atomic mass is 10.1. The van der Waals surface area contributed by atoms with E-state index < -0.39 is 0 Å². The van der Waals surface area contributed by atoms with E-state index in [4.69, 9.17) is 4.74 Å². The normalized spacial score (nSPS) is 10.8. The molecule has 0 saturated heterocycles. The maximum Gasteiger partial charge on any atom is 0.138 e. The van der Waals surface area contributed by atoms with Gasteiger partial charge in [0.25, 0.3) is 0 Å². The number of nitrogens with one attached hydrogen (secondary N) is 1. The molecule has 0 aliphatic carbocycles. The van der Waals surface area contributed by atoms with Crippen LogP contribution in [0.4, 0.5) is 5.82 Å². The minimum atomic E-state index is 0.787. The molecule has 0 bridgehead atoms. The van der Waals surface area contributed by atoms with E-state index in [1.807, 2.05) is 24.4 Å². The Bertz CT molecular complexity index is 999. The molecule has 0 amide bonds. The van der Waals surface area contributed by atoms with Gasteiger partial charge in [-0.2, -0.15) is 0 Å². The van der Waals surface area contributed by atoms with Gasteiger partial charge in [-0.15, -0.1) is 11.3 Å². The number of rotatable bonds is 6. The SMILES string of the molecule is COc1ccc(-c2csc3ncnc(NCCc4cccnc4)c23)cc1. The van der Waals surface area contributed by atoms with Crippen molar-refractivity contribution < 1.29 is 4.74 Å². The average Bonchev–Trinajstić information content (AvgIpc) is 3.14. The lowest BCUT2D eigenvalue weighted by Gasteiger charge is -2.09. The van der Waals surface area contributed by atoms with Crippen LogP contribution in [0.5, 0.6) is 5.75 Å². The summed E-state index contributed by atoms with van der Waals surface area (Å²) in [6, 6.07) is 12.1. The highest BCUT2D eigenvalue weighted by Gasteiger charge is 2.13. The first-order chi connectivity index (χ1) is 12.8. The third-order valence-corrected chi connectivity index (χ3v) is 5.09. The minimum Gasteiger partial charge on any atom is -0.497 e. The highest BCUT2D eigenvalue weighted by atomic mass is 32.1. The third kappa shape index (κ3) is 3.36. The van der Waals surface area contributed by atoms with Crippen LogP contribution in [0.2, 0.25) is 0 Å². The van der Waals surface area contributed by atoms with Crippen LogP contribution in [0.15, 0.2) is 60.5 Å². The number of fused-ring (bicyclic) bond motifs is 1. The molecule has 0 spiro atoms. The van der Waals surface area contributed by atoms with E-state index in [9.17, 15) is 0 Å². The Labute approximate surface area is 155 Å². The van der Waals surface area contributed by atoms with Crippen LogP contribution >= 0.6 is 11.3 Å². The largest absolute Gasteiger partial charge is 0.497 e. The van der Waals surface area contributed by atoms with Crippen LogP contribution in [0.25, 0.3) is 21.3 Å². The predicted octanol–water partition coefficient (Wildman–Crippen LogP) is 4.42. The summed E-state index contributed by atoms with van der Waals surface area (Å²) in [5.74, 6) is 1.71. The molecular weight excluding hydrogens is 344 g/mol. The molecule has 0 aliphatic heterocycles. The van der Waals surface area contributed by atoms with Crippen molar-refractivity contribution in [1.29, 1.82) is 0 Å². The number of thiophene rings is 1. The third-order valence-electron chi connectivity index (χ3n) is 4.20. The quantitative estimate of drug-likeness (QED) is 0.550. The number of hydrogen-bond donors (Lipinski definition) is 1. The topological polar surface area (TPSA) is 59.9 Å². The first kappa shape index (κ1) is 16.5. The number of aromatic nitrogens is 3. The molecule has 1 N–H and O–H groups in total. The summed E-state index contributed by atoms with van der Waals surface area (Å²) in [6.45, 7) is 0.787. The molecule has 0 atom stereocenters. The smallest absolute Gasteiger partial charge is 0.138 e. The molecular formula is C20H18N4OS. The molecule has 3 aromatic heterocycles. The van der Waals surface area contributed by atoms with Crippen molar-refractivity contribution >= 4 is 27.4 Å². The second-order valence-corrected chi connectivity index (χ2v) is 6.68. The highest BCUT2D eigenvalue weighted by molar-refractivity contribution is 7.17. The van der Waals surface area contributed by atoms with E-state index in [0.29, 0.717) is 0 Å². The Morgan fingerprint density at radius 1 is 1.12 bits per heavy atom. The van der Waals surface area contributed by atoms with Crippen molar-refractivity contribution in [3.8, 4) is 16.9 Å². The van der Waals surface area contributed by atoms with E-state index in [1.165, 1.54) is 5.56 Å². The number of anilines is 1. The van der Waals surface area contributed by atoms with E-state index in [-0.39, 0.29) is 0 Å². The predicted molar refractivity (Wildman–Crippen MR) is 106 cm³/mol. The summed E-state index contributed by atoms with van der Waals surface area (Å²) in [5.41, 5.74) is 3.46. The zero-order chi connectivity index (χ0) is 17.8. The Morgan fingerprint density at radius 2 is 2.00 bits per heavy atom. The van der Waals surface area contributed by atoms with Gasteiger partial charge in [-0.25, -0.2) is 9.97 Å². The van der Waals surface area contributed by atoms with Crippen molar-refractivity contribution in [2.45, 2.75) is 6.42 Å². The molecule has 0 fully saturated rings. The van der Waals surface area contributed by atoms with E-state index in [1.54, 1.807) is 31.0 Å². The van der Waals surface area contributed by atoms with Gasteiger partial charge >= 0.3 is 0 Å². The van der Waals surface area contributed by atoms with Gasteiger partial charge in [0.15, 0.2) is 0 Å². The van der Waals surface area contributed by atoms with Gasteiger partial charge < -0.3 is 10.1 Å². The lowest BCUT2D eigenvalue weighted by Crippen LogP contribution is -2.07. The first-order valence-corrected chi connectivity index (χ1v) is 9.22. The van der Waals surface area contributed by atoms with Crippen LogP contribution in [0.1, 0.15) is 5.56 Å². The molecule has 4 aromatic rings. The summed E-state index contributed by atoms with van der Waals surface area (Å²) < 4.78 is 5.25. The Morgan fingerprint density at radius 3 is 2.77 bits per heavy atom. The summed E-state index contributed by atoms with van der Waals surface area (Å²) in [6.07, 6.45) is 6.19. The van der Waals surface area contributed by atoms with Gasteiger partial charge in [-0.05, 0) is 35.7 Å².